The first kappa shape index (κ1) is 18.5. The molecule has 0 bridgehead atoms. The van der Waals surface area contributed by atoms with Crippen LogP contribution in [-0.4, -0.2) is 23.1 Å². The van der Waals surface area contributed by atoms with Gasteiger partial charge in [-0.25, -0.2) is 8.42 Å². The largest absolute Gasteiger partial charge is 0.379 e. The third-order valence-electron chi connectivity index (χ3n) is 3.47. The van der Waals surface area contributed by atoms with Crippen LogP contribution in [0.1, 0.15) is 30.9 Å². The van der Waals surface area contributed by atoms with Gasteiger partial charge in [0.1, 0.15) is 10.6 Å². The van der Waals surface area contributed by atoms with Gasteiger partial charge in [0.25, 0.3) is 0 Å². The van der Waals surface area contributed by atoms with Crippen molar-refractivity contribution in [3.05, 3.63) is 53.6 Å². The summed E-state index contributed by atoms with van der Waals surface area (Å²) >= 11 is 0. The minimum atomic E-state index is -4.12. The molecule has 0 aliphatic carbocycles. The smallest absolute Gasteiger partial charge is 0.339 e. The van der Waals surface area contributed by atoms with Gasteiger partial charge < -0.3 is 4.18 Å². The predicted octanol–water partition coefficient (Wildman–Crippen LogP) is 3.29. The molecule has 0 spiro atoms. The zero-order valence-corrected chi connectivity index (χ0v) is 15.6. The lowest BCUT2D eigenvalue weighted by molar-refractivity contribution is 0.485. The average Bonchev–Trinajstić information content (AvgIpc) is 2.45. The van der Waals surface area contributed by atoms with Crippen molar-refractivity contribution in [3.8, 4) is 5.75 Å². The molecule has 0 heterocycles. The maximum atomic E-state index is 12.5. The van der Waals surface area contributed by atoms with Gasteiger partial charge in [0, 0.05) is 6.26 Å². The maximum Gasteiger partial charge on any atom is 0.339 e. The molecule has 0 aliphatic rings. The normalized spacial score (nSPS) is 12.4. The monoisotopic (exact) mass is 368 g/mol. The van der Waals surface area contributed by atoms with Gasteiger partial charge in [-0.05, 0) is 54.3 Å². The van der Waals surface area contributed by atoms with Crippen LogP contribution in [0.3, 0.4) is 0 Å². The van der Waals surface area contributed by atoms with Crippen LogP contribution in [-0.2, 0) is 20.0 Å². The third kappa shape index (κ3) is 4.36. The molecule has 0 unspecified atom stereocenters. The Morgan fingerprint density at radius 2 is 1.54 bits per heavy atom. The fraction of sp³-hybridized carbons (Fsp3) is 0.294. The lowest BCUT2D eigenvalue weighted by Gasteiger charge is -2.12. The molecule has 5 nitrogen and oxygen atoms in total. The van der Waals surface area contributed by atoms with Gasteiger partial charge in [0.15, 0.2) is 9.84 Å². The quantitative estimate of drug-likeness (QED) is 0.757. The Morgan fingerprint density at radius 1 is 0.917 bits per heavy atom. The fourth-order valence-corrected chi connectivity index (χ4v) is 3.90. The summed E-state index contributed by atoms with van der Waals surface area (Å²) in [4.78, 5) is -0.266. The Hall–Kier alpha value is -1.86. The van der Waals surface area contributed by atoms with Gasteiger partial charge in [-0.1, -0.05) is 26.0 Å². The molecule has 7 heteroatoms. The van der Waals surface area contributed by atoms with Gasteiger partial charge in [-0.2, -0.15) is 8.42 Å². The van der Waals surface area contributed by atoms with Crippen LogP contribution in [0.4, 0.5) is 0 Å². The molecule has 0 N–H and O–H groups in total. The van der Waals surface area contributed by atoms with E-state index in [1.807, 2.05) is 26.8 Å². The summed E-state index contributed by atoms with van der Waals surface area (Å²) in [5.41, 5.74) is 1.85. The second-order valence-corrected chi connectivity index (χ2v) is 9.58. The molecule has 0 amide bonds. The van der Waals surface area contributed by atoms with E-state index in [1.165, 1.54) is 18.2 Å². The summed E-state index contributed by atoms with van der Waals surface area (Å²) in [5, 5.41) is 0. The minimum Gasteiger partial charge on any atom is -0.379 e. The summed E-state index contributed by atoms with van der Waals surface area (Å²) in [6.45, 7) is 5.86. The van der Waals surface area contributed by atoms with Crippen molar-refractivity contribution in [2.24, 2.45) is 0 Å². The van der Waals surface area contributed by atoms with Crippen LogP contribution < -0.4 is 4.18 Å². The van der Waals surface area contributed by atoms with E-state index in [2.05, 4.69) is 0 Å². The van der Waals surface area contributed by atoms with E-state index in [4.69, 9.17) is 4.18 Å². The number of rotatable bonds is 5. The molecule has 0 atom stereocenters. The van der Waals surface area contributed by atoms with Crippen molar-refractivity contribution in [1.82, 2.24) is 0 Å². The van der Waals surface area contributed by atoms with Gasteiger partial charge >= 0.3 is 10.1 Å². The van der Waals surface area contributed by atoms with Crippen molar-refractivity contribution in [2.45, 2.75) is 36.5 Å². The van der Waals surface area contributed by atoms with E-state index in [0.717, 1.165) is 23.4 Å². The highest BCUT2D eigenvalue weighted by atomic mass is 32.2. The highest BCUT2D eigenvalue weighted by Crippen LogP contribution is 2.26. The molecule has 2 rings (SSSR count). The number of hydrogen-bond donors (Lipinski definition) is 0. The molecular weight excluding hydrogens is 348 g/mol. The molecular formula is C17H20O5S2. The van der Waals surface area contributed by atoms with Crippen molar-refractivity contribution in [1.29, 1.82) is 0 Å². The van der Waals surface area contributed by atoms with E-state index in [1.54, 1.807) is 12.1 Å². The average molecular weight is 368 g/mol. The summed E-state index contributed by atoms with van der Waals surface area (Å²) in [5.74, 6) is 0.437. The van der Waals surface area contributed by atoms with Gasteiger partial charge in [-0.3, -0.25) is 0 Å². The zero-order chi connectivity index (χ0) is 18.1. The minimum absolute atomic E-state index is 0.0701. The van der Waals surface area contributed by atoms with Crippen molar-refractivity contribution >= 4 is 20.0 Å². The van der Waals surface area contributed by atoms with E-state index in [-0.39, 0.29) is 21.5 Å². The highest BCUT2D eigenvalue weighted by molar-refractivity contribution is 7.90. The van der Waals surface area contributed by atoms with Crippen molar-refractivity contribution < 1.29 is 21.0 Å². The third-order valence-corrected chi connectivity index (χ3v) is 5.82. The second kappa shape index (κ2) is 6.57. The molecule has 0 saturated heterocycles. The molecule has 0 saturated carbocycles. The Labute approximate surface area is 143 Å². The standard InChI is InChI=1S/C17H20O5S2/c1-12(2)14-8-13(3)9-15(10-14)22-24(20,21)17-7-5-6-16(11-17)23(4,18)19/h5-12H,1-4H3. The molecule has 0 fully saturated rings. The second-order valence-electron chi connectivity index (χ2n) is 6.02. The number of benzene rings is 2. The Kier molecular flexibility index (Phi) is 5.05. The fourth-order valence-electron chi connectivity index (χ4n) is 2.19. The predicted molar refractivity (Wildman–Crippen MR) is 92.6 cm³/mol. The zero-order valence-electron chi connectivity index (χ0n) is 14.0. The van der Waals surface area contributed by atoms with Gasteiger partial charge in [-0.15, -0.1) is 0 Å². The number of sulfone groups is 1. The first-order valence-corrected chi connectivity index (χ1v) is 10.7. The summed E-state index contributed by atoms with van der Waals surface area (Å²) in [7, 11) is -7.62. The molecule has 2 aromatic rings. The Balaban J connectivity index is 2.43. The topological polar surface area (TPSA) is 77.5 Å². The first-order valence-electron chi connectivity index (χ1n) is 7.35. The molecule has 2 aromatic carbocycles. The number of aryl methyl sites for hydroxylation is 1. The lowest BCUT2D eigenvalue weighted by atomic mass is 10.0. The molecule has 0 aliphatic heterocycles. The molecule has 0 aromatic heterocycles. The first-order chi connectivity index (χ1) is 11.0. The van der Waals surface area contributed by atoms with Crippen LogP contribution in [0, 0.1) is 6.92 Å². The lowest BCUT2D eigenvalue weighted by Crippen LogP contribution is -2.11. The summed E-state index contributed by atoms with van der Waals surface area (Å²) in [6.07, 6.45) is 1.02. The van der Waals surface area contributed by atoms with E-state index < -0.39 is 20.0 Å². The molecule has 24 heavy (non-hydrogen) atoms. The maximum absolute atomic E-state index is 12.5. The van der Waals surface area contributed by atoms with Crippen LogP contribution in [0.15, 0.2) is 52.3 Å². The van der Waals surface area contributed by atoms with Crippen LogP contribution >= 0.6 is 0 Å². The van der Waals surface area contributed by atoms with Gasteiger partial charge in [0.05, 0.1) is 4.90 Å². The van der Waals surface area contributed by atoms with Gasteiger partial charge in [0.2, 0.25) is 0 Å². The Bertz CT molecular complexity index is 958. The molecule has 0 radical (unpaired) electrons. The summed E-state index contributed by atoms with van der Waals surface area (Å²) in [6, 6.07) is 10.4. The van der Waals surface area contributed by atoms with E-state index in [0.29, 0.717) is 0 Å². The number of hydrogen-bond acceptors (Lipinski definition) is 5. The van der Waals surface area contributed by atoms with Crippen LogP contribution in [0.5, 0.6) is 5.75 Å². The van der Waals surface area contributed by atoms with Crippen molar-refractivity contribution in [3.63, 3.8) is 0 Å². The highest BCUT2D eigenvalue weighted by Gasteiger charge is 2.20. The van der Waals surface area contributed by atoms with Crippen LogP contribution in [0.2, 0.25) is 0 Å². The van der Waals surface area contributed by atoms with Crippen molar-refractivity contribution in [2.75, 3.05) is 6.26 Å². The summed E-state index contributed by atoms with van der Waals surface area (Å²) < 4.78 is 53.3. The van der Waals surface area contributed by atoms with E-state index in [9.17, 15) is 16.8 Å². The SMILES string of the molecule is Cc1cc(OS(=O)(=O)c2cccc(S(C)(=O)=O)c2)cc(C(C)C)c1. The van der Waals surface area contributed by atoms with Crippen LogP contribution in [0.25, 0.3) is 0 Å². The Morgan fingerprint density at radius 3 is 2.12 bits per heavy atom. The van der Waals surface area contributed by atoms with E-state index >= 15 is 0 Å². The molecule has 130 valence electrons.